The number of primary amides is 1. The third-order valence-electron chi connectivity index (χ3n) is 6.48. The fraction of sp³-hybridized carbons (Fsp3) is 0.500. The number of amides is 2. The van der Waals surface area contributed by atoms with E-state index in [2.05, 4.69) is 6.58 Å². The average Bonchev–Trinajstić information content (AvgIpc) is 3.10. The fourth-order valence-electron chi connectivity index (χ4n) is 5.30. The molecule has 2 bridgehead atoms. The molecule has 3 heterocycles. The summed E-state index contributed by atoms with van der Waals surface area (Å²) in [6.45, 7) is 3.93. The van der Waals surface area contributed by atoms with Crippen molar-refractivity contribution in [2.75, 3.05) is 0 Å². The summed E-state index contributed by atoms with van der Waals surface area (Å²) in [6.07, 6.45) is 4.44. The molecule has 1 unspecified atom stereocenters. The SMILES string of the molecule is C=C[C@H]1[C@@H]2CC[C@@H](C(N)=O)N2C(=O)C2CCC[C@@H]1N2S(=O)(=O)c1cc(Cl)cc(Cl)c1. The number of piperidine rings is 1. The summed E-state index contributed by atoms with van der Waals surface area (Å²) in [7, 11) is -4.08. The Morgan fingerprint density at radius 2 is 1.77 bits per heavy atom. The highest BCUT2D eigenvalue weighted by Gasteiger charge is 2.56. The summed E-state index contributed by atoms with van der Waals surface area (Å²) in [5, 5.41) is 0.393. The maximum absolute atomic E-state index is 13.7. The van der Waals surface area contributed by atoms with Crippen LogP contribution in [0, 0.1) is 5.92 Å². The predicted molar refractivity (Wildman–Crippen MR) is 113 cm³/mol. The summed E-state index contributed by atoms with van der Waals surface area (Å²) in [6, 6.07) is 1.74. The number of sulfonamides is 1. The van der Waals surface area contributed by atoms with E-state index in [1.807, 2.05) is 0 Å². The average molecular weight is 472 g/mol. The summed E-state index contributed by atoms with van der Waals surface area (Å²) >= 11 is 12.1. The monoisotopic (exact) mass is 471 g/mol. The number of carbonyl (C=O) groups is 2. The number of benzene rings is 1. The molecule has 0 aliphatic carbocycles. The predicted octanol–water partition coefficient (Wildman–Crippen LogP) is 2.57. The number of rotatable bonds is 4. The van der Waals surface area contributed by atoms with Gasteiger partial charge in [-0.1, -0.05) is 29.3 Å². The topological polar surface area (TPSA) is 101 Å². The quantitative estimate of drug-likeness (QED) is 0.681. The lowest BCUT2D eigenvalue weighted by molar-refractivity contribution is -0.141. The Morgan fingerprint density at radius 1 is 1.10 bits per heavy atom. The normalized spacial score (nSPS) is 31.9. The van der Waals surface area contributed by atoms with E-state index < -0.39 is 34.1 Å². The van der Waals surface area contributed by atoms with E-state index in [9.17, 15) is 18.0 Å². The van der Waals surface area contributed by atoms with Gasteiger partial charge in [0.15, 0.2) is 0 Å². The van der Waals surface area contributed by atoms with E-state index in [-0.39, 0.29) is 32.8 Å². The highest BCUT2D eigenvalue weighted by Crippen LogP contribution is 2.44. The van der Waals surface area contributed by atoms with Gasteiger partial charge in [0.2, 0.25) is 21.8 Å². The van der Waals surface area contributed by atoms with Crippen LogP contribution in [0.2, 0.25) is 10.0 Å². The molecule has 3 saturated heterocycles. The van der Waals surface area contributed by atoms with Gasteiger partial charge in [0.05, 0.1) is 4.90 Å². The minimum absolute atomic E-state index is 0.0546. The number of hydrogen-bond donors (Lipinski definition) is 1. The van der Waals surface area contributed by atoms with Gasteiger partial charge in [-0.3, -0.25) is 9.59 Å². The summed E-state index contributed by atoms with van der Waals surface area (Å²) in [5.74, 6) is -1.25. The largest absolute Gasteiger partial charge is 0.368 e. The molecule has 30 heavy (non-hydrogen) atoms. The van der Waals surface area contributed by atoms with Gasteiger partial charge in [-0.15, -0.1) is 6.58 Å². The Labute approximate surface area is 185 Å². The van der Waals surface area contributed by atoms with Crippen molar-refractivity contribution in [1.29, 1.82) is 0 Å². The highest BCUT2D eigenvalue weighted by molar-refractivity contribution is 7.89. The number of halogens is 2. The van der Waals surface area contributed by atoms with Crippen LogP contribution in [0.5, 0.6) is 0 Å². The molecule has 3 aliphatic rings. The molecule has 1 aromatic rings. The van der Waals surface area contributed by atoms with Crippen molar-refractivity contribution in [1.82, 2.24) is 9.21 Å². The molecule has 2 amide bonds. The Morgan fingerprint density at radius 3 is 2.37 bits per heavy atom. The van der Waals surface area contributed by atoms with Crippen LogP contribution in [-0.4, -0.2) is 53.6 Å². The van der Waals surface area contributed by atoms with Crippen molar-refractivity contribution in [3.05, 3.63) is 40.9 Å². The minimum Gasteiger partial charge on any atom is -0.368 e. The summed E-state index contributed by atoms with van der Waals surface area (Å²) in [5.41, 5.74) is 5.57. The minimum atomic E-state index is -4.08. The zero-order chi connectivity index (χ0) is 21.8. The van der Waals surface area contributed by atoms with Crippen molar-refractivity contribution >= 4 is 45.0 Å². The molecule has 1 aromatic carbocycles. The molecule has 3 aliphatic heterocycles. The van der Waals surface area contributed by atoms with Crippen LogP contribution in [0.4, 0.5) is 0 Å². The second-order valence-corrected chi connectivity index (χ2v) is 10.8. The van der Waals surface area contributed by atoms with Crippen molar-refractivity contribution in [3.8, 4) is 0 Å². The lowest BCUT2D eigenvalue weighted by Crippen LogP contribution is -2.56. The molecular weight excluding hydrogens is 449 g/mol. The first-order valence-corrected chi connectivity index (χ1v) is 12.1. The van der Waals surface area contributed by atoms with Gasteiger partial charge in [-0.25, -0.2) is 8.42 Å². The fourth-order valence-corrected chi connectivity index (χ4v) is 7.88. The smallest absolute Gasteiger partial charge is 0.244 e. The van der Waals surface area contributed by atoms with Crippen molar-refractivity contribution in [2.45, 2.75) is 61.2 Å². The van der Waals surface area contributed by atoms with Crippen molar-refractivity contribution < 1.29 is 18.0 Å². The Bertz CT molecular complexity index is 995. The number of carbonyl (C=O) groups excluding carboxylic acids is 2. The van der Waals surface area contributed by atoms with Crippen LogP contribution in [0.25, 0.3) is 0 Å². The molecule has 0 aromatic heterocycles. The molecule has 7 nitrogen and oxygen atoms in total. The van der Waals surface area contributed by atoms with Gasteiger partial charge in [-0.2, -0.15) is 4.31 Å². The van der Waals surface area contributed by atoms with E-state index in [1.54, 1.807) is 6.08 Å². The van der Waals surface area contributed by atoms with Crippen LogP contribution in [0.15, 0.2) is 35.7 Å². The number of nitrogens with two attached hydrogens (primary N) is 1. The van der Waals surface area contributed by atoms with Gasteiger partial charge < -0.3 is 10.6 Å². The Balaban J connectivity index is 1.86. The summed E-state index contributed by atoms with van der Waals surface area (Å²) in [4.78, 5) is 27.1. The van der Waals surface area contributed by atoms with E-state index in [1.165, 1.54) is 27.4 Å². The van der Waals surface area contributed by atoms with Crippen molar-refractivity contribution in [3.63, 3.8) is 0 Å². The van der Waals surface area contributed by atoms with Crippen LogP contribution in [0.1, 0.15) is 32.1 Å². The second-order valence-electron chi connectivity index (χ2n) is 8.08. The standard InChI is InChI=1S/C20H23Cl2N3O4S/c1-2-14-15-6-7-17(19(23)26)24(15)20(27)18-5-3-4-16(14)25(18)30(28,29)13-9-11(21)8-12(22)10-13/h2,8-10,14-18H,1,3-7H2,(H2,23,26)/t14-,15-,16-,17-,18?/m0/s1. The molecule has 0 radical (unpaired) electrons. The zero-order valence-corrected chi connectivity index (χ0v) is 18.5. The molecule has 0 saturated carbocycles. The number of fused-ring (bicyclic) bond motifs is 3. The van der Waals surface area contributed by atoms with E-state index >= 15 is 0 Å². The number of hydrogen-bond acceptors (Lipinski definition) is 4. The first-order chi connectivity index (χ1) is 14.2. The second kappa shape index (κ2) is 7.82. The number of nitrogens with zero attached hydrogens (tertiary/aromatic N) is 2. The van der Waals surface area contributed by atoms with Gasteiger partial charge in [-0.05, 0) is 50.3 Å². The van der Waals surface area contributed by atoms with E-state index in [0.717, 1.165) is 0 Å². The Kier molecular flexibility index (Phi) is 5.63. The first kappa shape index (κ1) is 21.6. The first-order valence-electron chi connectivity index (χ1n) is 9.90. The molecular formula is C20H23Cl2N3O4S. The molecule has 10 heteroatoms. The van der Waals surface area contributed by atoms with Crippen LogP contribution >= 0.6 is 23.2 Å². The zero-order valence-electron chi connectivity index (χ0n) is 16.2. The highest BCUT2D eigenvalue weighted by atomic mass is 35.5. The lowest BCUT2D eigenvalue weighted by Gasteiger charge is -2.40. The van der Waals surface area contributed by atoms with E-state index in [0.29, 0.717) is 32.1 Å². The van der Waals surface area contributed by atoms with Gasteiger partial charge in [0.1, 0.15) is 12.1 Å². The van der Waals surface area contributed by atoms with Gasteiger partial charge >= 0.3 is 0 Å². The lowest BCUT2D eigenvalue weighted by atomic mass is 9.85. The third-order valence-corrected chi connectivity index (χ3v) is 8.83. The van der Waals surface area contributed by atoms with Crippen LogP contribution in [-0.2, 0) is 19.6 Å². The van der Waals surface area contributed by atoms with Gasteiger partial charge in [0, 0.05) is 28.0 Å². The molecule has 4 rings (SSSR count). The van der Waals surface area contributed by atoms with Crippen LogP contribution in [0.3, 0.4) is 0 Å². The van der Waals surface area contributed by atoms with E-state index in [4.69, 9.17) is 28.9 Å². The maximum atomic E-state index is 13.7. The molecule has 0 spiro atoms. The van der Waals surface area contributed by atoms with Crippen LogP contribution < -0.4 is 5.73 Å². The molecule has 162 valence electrons. The Hall–Kier alpha value is -1.61. The van der Waals surface area contributed by atoms with Crippen molar-refractivity contribution in [2.24, 2.45) is 11.7 Å². The maximum Gasteiger partial charge on any atom is 0.244 e. The third kappa shape index (κ3) is 3.34. The molecule has 5 atom stereocenters. The molecule has 2 N–H and O–H groups in total. The molecule has 3 fully saturated rings. The van der Waals surface area contributed by atoms with Gasteiger partial charge in [0.25, 0.3) is 0 Å². The summed E-state index contributed by atoms with van der Waals surface area (Å²) < 4.78 is 28.7.